The third kappa shape index (κ3) is 5.93. The van der Waals surface area contributed by atoms with E-state index >= 15 is 0 Å². The number of aldehydes is 1. The van der Waals surface area contributed by atoms with E-state index in [4.69, 9.17) is 4.74 Å². The second-order valence-electron chi connectivity index (χ2n) is 4.41. The maximum atomic E-state index is 10.2. The molecular formula is C13H26O2. The van der Waals surface area contributed by atoms with E-state index < -0.39 is 0 Å². The van der Waals surface area contributed by atoms with Crippen LogP contribution in [0, 0.1) is 5.41 Å². The molecule has 0 saturated heterocycles. The van der Waals surface area contributed by atoms with Gasteiger partial charge in [0.15, 0.2) is 0 Å². The van der Waals surface area contributed by atoms with Gasteiger partial charge in [0.05, 0.1) is 6.61 Å². The molecule has 2 nitrogen and oxygen atoms in total. The van der Waals surface area contributed by atoms with E-state index in [1.54, 1.807) is 7.11 Å². The van der Waals surface area contributed by atoms with Crippen molar-refractivity contribution in [3.05, 3.63) is 0 Å². The molecule has 0 aliphatic heterocycles. The molecule has 0 spiro atoms. The van der Waals surface area contributed by atoms with Crippen LogP contribution < -0.4 is 0 Å². The van der Waals surface area contributed by atoms with Crippen molar-refractivity contribution in [3.63, 3.8) is 0 Å². The van der Waals surface area contributed by atoms with Gasteiger partial charge in [-0.05, 0) is 31.1 Å². The summed E-state index contributed by atoms with van der Waals surface area (Å²) in [4.78, 5) is 10.2. The molecule has 90 valence electrons. The zero-order valence-electron chi connectivity index (χ0n) is 10.6. The van der Waals surface area contributed by atoms with Gasteiger partial charge in [0.2, 0.25) is 0 Å². The molecule has 0 rings (SSSR count). The first-order valence-electron chi connectivity index (χ1n) is 6.17. The van der Waals surface area contributed by atoms with Crippen molar-refractivity contribution < 1.29 is 9.53 Å². The zero-order chi connectivity index (χ0) is 11.6. The van der Waals surface area contributed by atoms with Crippen LogP contribution in [0.25, 0.3) is 0 Å². The summed E-state index contributed by atoms with van der Waals surface area (Å²) in [6.45, 7) is 5.36. The van der Waals surface area contributed by atoms with Crippen LogP contribution in [0.4, 0.5) is 0 Å². The van der Waals surface area contributed by atoms with Crippen molar-refractivity contribution in [1.82, 2.24) is 0 Å². The minimum Gasteiger partial charge on any atom is -0.384 e. The van der Waals surface area contributed by atoms with Gasteiger partial charge in [-0.1, -0.05) is 26.7 Å². The highest BCUT2D eigenvalue weighted by atomic mass is 16.5. The minimum atomic E-state index is 0.371. The normalized spacial score (nSPS) is 11.7. The molecule has 0 aromatic heterocycles. The van der Waals surface area contributed by atoms with Gasteiger partial charge in [-0.3, -0.25) is 0 Å². The van der Waals surface area contributed by atoms with E-state index in [1.165, 1.54) is 32.1 Å². The Bertz CT molecular complexity index is 151. The summed E-state index contributed by atoms with van der Waals surface area (Å²) in [5.74, 6) is 0. The van der Waals surface area contributed by atoms with Crippen molar-refractivity contribution in [2.45, 2.75) is 58.8 Å². The Morgan fingerprint density at radius 2 is 1.80 bits per heavy atom. The highest BCUT2D eigenvalue weighted by Gasteiger charge is 2.25. The number of rotatable bonds is 10. The van der Waals surface area contributed by atoms with Gasteiger partial charge in [-0.25, -0.2) is 0 Å². The topological polar surface area (TPSA) is 26.3 Å². The molecule has 0 radical (unpaired) electrons. The number of ether oxygens (including phenoxy) is 1. The predicted molar refractivity (Wildman–Crippen MR) is 64.0 cm³/mol. The molecule has 0 amide bonds. The van der Waals surface area contributed by atoms with Crippen LogP contribution in [-0.4, -0.2) is 20.0 Å². The average Bonchev–Trinajstić information content (AvgIpc) is 2.27. The molecule has 0 saturated carbocycles. The zero-order valence-corrected chi connectivity index (χ0v) is 10.6. The lowest BCUT2D eigenvalue weighted by Crippen LogP contribution is -2.24. The number of carbonyl (C=O) groups excluding carboxylic acids is 1. The van der Waals surface area contributed by atoms with Gasteiger partial charge >= 0.3 is 0 Å². The number of unbranched alkanes of at least 4 members (excludes halogenated alkanes) is 3. The van der Waals surface area contributed by atoms with E-state index in [-0.39, 0.29) is 0 Å². The first kappa shape index (κ1) is 14.6. The Morgan fingerprint density at radius 3 is 2.27 bits per heavy atom. The van der Waals surface area contributed by atoms with Crippen molar-refractivity contribution in [3.8, 4) is 0 Å². The molecule has 0 aliphatic rings. The average molecular weight is 214 g/mol. The molecule has 0 bridgehead atoms. The molecule has 0 aliphatic carbocycles. The van der Waals surface area contributed by atoms with E-state index in [0.29, 0.717) is 5.41 Å². The molecule has 2 heteroatoms. The molecule has 0 aromatic rings. The van der Waals surface area contributed by atoms with Crippen LogP contribution in [0.3, 0.4) is 0 Å². The monoisotopic (exact) mass is 214 g/mol. The lowest BCUT2D eigenvalue weighted by molar-refractivity contribution is -0.107. The number of hydrogen-bond donors (Lipinski definition) is 0. The van der Waals surface area contributed by atoms with Gasteiger partial charge in [0.1, 0.15) is 6.29 Å². The summed E-state index contributed by atoms with van der Waals surface area (Å²) in [5.41, 5.74) is 0.371. The third-order valence-corrected chi connectivity index (χ3v) is 3.48. The van der Waals surface area contributed by atoms with Crippen molar-refractivity contribution in [2.24, 2.45) is 5.41 Å². The van der Waals surface area contributed by atoms with Gasteiger partial charge < -0.3 is 9.53 Å². The fourth-order valence-electron chi connectivity index (χ4n) is 2.09. The largest absolute Gasteiger partial charge is 0.384 e. The van der Waals surface area contributed by atoms with E-state index in [2.05, 4.69) is 13.8 Å². The smallest absolute Gasteiger partial charge is 0.119 e. The molecule has 0 atom stereocenters. The van der Waals surface area contributed by atoms with Crippen LogP contribution in [0.15, 0.2) is 0 Å². The maximum absolute atomic E-state index is 10.2. The minimum absolute atomic E-state index is 0.371. The standard InChI is InChI=1S/C13H26O2/c1-4-13(5-2,12-15-3)10-8-6-7-9-11-14/h11H,4-10,12H2,1-3H3. The van der Waals surface area contributed by atoms with E-state index in [1.807, 2.05) is 0 Å². The fourth-order valence-corrected chi connectivity index (χ4v) is 2.09. The summed E-state index contributed by atoms with van der Waals surface area (Å²) in [6, 6.07) is 0. The SMILES string of the molecule is CCC(CC)(CCCCCC=O)COC. The van der Waals surface area contributed by atoms with Crippen LogP contribution in [0.5, 0.6) is 0 Å². The van der Waals surface area contributed by atoms with Gasteiger partial charge in [-0.2, -0.15) is 0 Å². The van der Waals surface area contributed by atoms with Gasteiger partial charge in [0.25, 0.3) is 0 Å². The Balaban J connectivity index is 3.79. The van der Waals surface area contributed by atoms with Crippen molar-refractivity contribution in [2.75, 3.05) is 13.7 Å². The molecule has 0 unspecified atom stereocenters. The van der Waals surface area contributed by atoms with Crippen LogP contribution in [0.2, 0.25) is 0 Å². The molecule has 0 fully saturated rings. The Labute approximate surface area is 94.4 Å². The highest BCUT2D eigenvalue weighted by molar-refractivity contribution is 5.48. The Hall–Kier alpha value is -0.370. The summed E-state index contributed by atoms with van der Waals surface area (Å²) < 4.78 is 5.31. The lowest BCUT2D eigenvalue weighted by atomic mass is 9.78. The highest BCUT2D eigenvalue weighted by Crippen LogP contribution is 2.33. The number of methoxy groups -OCH3 is 1. The molecule has 0 aromatic carbocycles. The van der Waals surface area contributed by atoms with E-state index in [9.17, 15) is 4.79 Å². The number of hydrogen-bond acceptors (Lipinski definition) is 2. The van der Waals surface area contributed by atoms with Crippen LogP contribution >= 0.6 is 0 Å². The summed E-state index contributed by atoms with van der Waals surface area (Å²) in [6.07, 6.45) is 8.77. The molecule has 0 N–H and O–H groups in total. The predicted octanol–water partition coefficient (Wildman–Crippen LogP) is 3.59. The van der Waals surface area contributed by atoms with Crippen LogP contribution in [0.1, 0.15) is 58.8 Å². The van der Waals surface area contributed by atoms with E-state index in [0.717, 1.165) is 25.7 Å². The summed E-state index contributed by atoms with van der Waals surface area (Å²) in [7, 11) is 1.78. The Morgan fingerprint density at radius 1 is 1.13 bits per heavy atom. The lowest BCUT2D eigenvalue weighted by Gasteiger charge is -2.30. The first-order valence-corrected chi connectivity index (χ1v) is 6.17. The fraction of sp³-hybridized carbons (Fsp3) is 0.923. The second kappa shape index (κ2) is 8.90. The first-order chi connectivity index (χ1) is 7.24. The maximum Gasteiger partial charge on any atom is 0.119 e. The quantitative estimate of drug-likeness (QED) is 0.410. The Kier molecular flexibility index (Phi) is 8.68. The second-order valence-corrected chi connectivity index (χ2v) is 4.41. The van der Waals surface area contributed by atoms with Crippen molar-refractivity contribution >= 4 is 6.29 Å². The summed E-state index contributed by atoms with van der Waals surface area (Å²) >= 11 is 0. The van der Waals surface area contributed by atoms with Gasteiger partial charge in [0, 0.05) is 13.5 Å². The molecule has 0 heterocycles. The summed E-state index contributed by atoms with van der Waals surface area (Å²) in [5, 5.41) is 0. The van der Waals surface area contributed by atoms with Gasteiger partial charge in [-0.15, -0.1) is 0 Å². The third-order valence-electron chi connectivity index (χ3n) is 3.48. The van der Waals surface area contributed by atoms with Crippen molar-refractivity contribution in [1.29, 1.82) is 0 Å². The molecular weight excluding hydrogens is 188 g/mol. The molecule has 15 heavy (non-hydrogen) atoms. The van der Waals surface area contributed by atoms with Crippen LogP contribution in [-0.2, 0) is 9.53 Å². The number of carbonyl (C=O) groups is 1.